The topological polar surface area (TPSA) is 86.8 Å². The molecule has 3 aromatic carbocycles. The van der Waals surface area contributed by atoms with Crippen molar-refractivity contribution >= 4 is 62.3 Å². The molecule has 0 bridgehead atoms. The molecule has 1 N–H and O–H groups in total. The van der Waals surface area contributed by atoms with Gasteiger partial charge in [0.05, 0.1) is 10.6 Å². The zero-order valence-electron chi connectivity index (χ0n) is 20.4. The Morgan fingerprint density at radius 3 is 2.11 bits per heavy atom. The van der Waals surface area contributed by atoms with E-state index in [-0.39, 0.29) is 17.1 Å². The van der Waals surface area contributed by atoms with Gasteiger partial charge in [-0.3, -0.25) is 13.9 Å². The number of hydrogen-bond acceptors (Lipinski definition) is 4. The first-order valence-corrected chi connectivity index (χ1v) is 13.8. The summed E-state index contributed by atoms with van der Waals surface area (Å²) in [5.41, 5.74) is 1.52. The lowest BCUT2D eigenvalue weighted by molar-refractivity contribution is -0.139. The Morgan fingerprint density at radius 2 is 1.54 bits per heavy atom. The third-order valence-electron chi connectivity index (χ3n) is 5.79. The molecule has 3 aromatic rings. The van der Waals surface area contributed by atoms with Crippen LogP contribution in [0.25, 0.3) is 0 Å². The maximum atomic E-state index is 13.8. The van der Waals surface area contributed by atoms with E-state index in [4.69, 9.17) is 34.8 Å². The number of amides is 2. The van der Waals surface area contributed by atoms with Gasteiger partial charge in [0.15, 0.2) is 0 Å². The number of nitrogens with one attached hydrogen (secondary N) is 1. The van der Waals surface area contributed by atoms with Crippen molar-refractivity contribution < 1.29 is 18.0 Å². The first kappa shape index (κ1) is 28.8. The number of likely N-dealkylation sites (N-methyl/N-ethyl adjacent to an activating group) is 1. The Bertz CT molecular complexity index is 1380. The highest BCUT2D eigenvalue weighted by atomic mass is 35.5. The third kappa shape index (κ3) is 6.76. The predicted molar refractivity (Wildman–Crippen MR) is 148 cm³/mol. The highest BCUT2D eigenvalue weighted by molar-refractivity contribution is 7.92. The number of halogens is 3. The summed E-state index contributed by atoms with van der Waals surface area (Å²) >= 11 is 18.8. The van der Waals surface area contributed by atoms with Gasteiger partial charge in [-0.1, -0.05) is 64.6 Å². The lowest BCUT2D eigenvalue weighted by Gasteiger charge is -2.32. The molecule has 37 heavy (non-hydrogen) atoms. The Balaban J connectivity index is 2.07. The standard InChI is InChI=1S/C26H26Cl3N3O4S/c1-17-10-12-21(13-11-17)37(35,36)32(20-7-4-6-19(27)14-20)16-25(33)31(18(2)26(34)30-3)15-22-23(28)8-5-9-24(22)29/h4-14,18H,15-16H2,1-3H3,(H,30,34)/t18-/m0/s1. The Hall–Kier alpha value is -2.78. The van der Waals surface area contributed by atoms with E-state index in [1.165, 1.54) is 30.1 Å². The average molecular weight is 583 g/mol. The van der Waals surface area contributed by atoms with Gasteiger partial charge < -0.3 is 10.2 Å². The molecular formula is C26H26Cl3N3O4S. The van der Waals surface area contributed by atoms with Crippen LogP contribution in [0.5, 0.6) is 0 Å². The summed E-state index contributed by atoms with van der Waals surface area (Å²) in [4.78, 5) is 27.6. The molecule has 7 nitrogen and oxygen atoms in total. The fourth-order valence-corrected chi connectivity index (χ4v) is 5.75. The quantitative estimate of drug-likeness (QED) is 0.370. The van der Waals surface area contributed by atoms with Crippen LogP contribution < -0.4 is 9.62 Å². The highest BCUT2D eigenvalue weighted by Crippen LogP contribution is 2.29. The number of rotatable bonds is 9. The second-order valence-corrected chi connectivity index (χ2v) is 11.4. The molecule has 2 amide bonds. The number of sulfonamides is 1. The molecule has 0 aliphatic rings. The van der Waals surface area contributed by atoms with Crippen molar-refractivity contribution in [3.05, 3.63) is 92.9 Å². The molecule has 0 saturated heterocycles. The largest absolute Gasteiger partial charge is 0.357 e. The Kier molecular flexibility index (Phi) is 9.47. The van der Waals surface area contributed by atoms with E-state index < -0.39 is 34.4 Å². The molecule has 0 heterocycles. The second-order valence-electron chi connectivity index (χ2n) is 8.32. The Morgan fingerprint density at radius 1 is 0.946 bits per heavy atom. The number of aryl methyl sites for hydroxylation is 1. The van der Waals surface area contributed by atoms with E-state index in [2.05, 4.69) is 5.32 Å². The van der Waals surface area contributed by atoms with Crippen molar-refractivity contribution in [3.8, 4) is 0 Å². The van der Waals surface area contributed by atoms with Crippen LogP contribution in [0.2, 0.25) is 15.1 Å². The van der Waals surface area contributed by atoms with Crippen molar-refractivity contribution in [2.24, 2.45) is 0 Å². The molecule has 196 valence electrons. The van der Waals surface area contributed by atoms with E-state index in [0.717, 1.165) is 9.87 Å². The Labute approximate surface area is 232 Å². The summed E-state index contributed by atoms with van der Waals surface area (Å²) in [5, 5.41) is 3.45. The molecule has 0 aliphatic heterocycles. The minimum atomic E-state index is -4.18. The van der Waals surface area contributed by atoms with Gasteiger partial charge in [0.1, 0.15) is 12.6 Å². The van der Waals surface area contributed by atoms with Gasteiger partial charge in [0.2, 0.25) is 11.8 Å². The van der Waals surface area contributed by atoms with Crippen LogP contribution >= 0.6 is 34.8 Å². The van der Waals surface area contributed by atoms with Gasteiger partial charge >= 0.3 is 0 Å². The summed E-state index contributed by atoms with van der Waals surface area (Å²) in [6.45, 7) is 2.67. The van der Waals surface area contributed by atoms with Crippen LogP contribution in [0, 0.1) is 6.92 Å². The van der Waals surface area contributed by atoms with Gasteiger partial charge in [-0.2, -0.15) is 0 Å². The monoisotopic (exact) mass is 581 g/mol. The molecule has 0 aromatic heterocycles. The molecule has 11 heteroatoms. The van der Waals surface area contributed by atoms with E-state index in [9.17, 15) is 18.0 Å². The smallest absolute Gasteiger partial charge is 0.264 e. The molecule has 0 spiro atoms. The van der Waals surface area contributed by atoms with Crippen LogP contribution in [0.3, 0.4) is 0 Å². The summed E-state index contributed by atoms with van der Waals surface area (Å²) in [5.74, 6) is -1.07. The summed E-state index contributed by atoms with van der Waals surface area (Å²) in [7, 11) is -2.73. The van der Waals surface area contributed by atoms with Crippen molar-refractivity contribution in [2.75, 3.05) is 17.9 Å². The van der Waals surface area contributed by atoms with E-state index in [1.807, 2.05) is 6.92 Å². The first-order valence-electron chi connectivity index (χ1n) is 11.2. The minimum absolute atomic E-state index is 0.00548. The van der Waals surface area contributed by atoms with Crippen molar-refractivity contribution in [1.82, 2.24) is 10.2 Å². The predicted octanol–water partition coefficient (Wildman–Crippen LogP) is 5.31. The highest BCUT2D eigenvalue weighted by Gasteiger charge is 2.33. The van der Waals surface area contributed by atoms with Crippen LogP contribution in [0.4, 0.5) is 5.69 Å². The van der Waals surface area contributed by atoms with Crippen molar-refractivity contribution in [2.45, 2.75) is 31.3 Å². The number of benzene rings is 3. The average Bonchev–Trinajstić information content (AvgIpc) is 2.86. The molecule has 0 aliphatic carbocycles. The number of carbonyl (C=O) groups excluding carboxylic acids is 2. The van der Waals surface area contributed by atoms with Crippen LogP contribution in [-0.4, -0.2) is 44.8 Å². The molecule has 0 fully saturated rings. The van der Waals surface area contributed by atoms with Gasteiger partial charge in [-0.25, -0.2) is 8.42 Å². The van der Waals surface area contributed by atoms with E-state index >= 15 is 0 Å². The molecule has 3 rings (SSSR count). The molecular weight excluding hydrogens is 557 g/mol. The fraction of sp³-hybridized carbons (Fsp3) is 0.231. The molecule has 0 radical (unpaired) electrons. The number of nitrogens with zero attached hydrogens (tertiary/aromatic N) is 2. The summed E-state index contributed by atoms with van der Waals surface area (Å²) in [6.07, 6.45) is 0. The van der Waals surface area contributed by atoms with Crippen LogP contribution in [-0.2, 0) is 26.2 Å². The van der Waals surface area contributed by atoms with E-state index in [0.29, 0.717) is 20.6 Å². The normalized spacial score (nSPS) is 12.1. The molecule has 0 unspecified atom stereocenters. The molecule has 0 saturated carbocycles. The first-order chi connectivity index (χ1) is 17.4. The summed E-state index contributed by atoms with van der Waals surface area (Å²) in [6, 6.07) is 16.4. The van der Waals surface area contributed by atoms with Gasteiger partial charge in [0.25, 0.3) is 10.0 Å². The van der Waals surface area contributed by atoms with Crippen LogP contribution in [0.15, 0.2) is 71.6 Å². The molecule has 1 atom stereocenters. The number of anilines is 1. The van der Waals surface area contributed by atoms with E-state index in [1.54, 1.807) is 55.5 Å². The fourth-order valence-electron chi connectivity index (χ4n) is 3.64. The SMILES string of the molecule is CNC(=O)[C@H](C)N(Cc1c(Cl)cccc1Cl)C(=O)CN(c1cccc(Cl)c1)S(=O)(=O)c1ccc(C)cc1. The minimum Gasteiger partial charge on any atom is -0.357 e. The third-order valence-corrected chi connectivity index (χ3v) is 8.52. The zero-order valence-corrected chi connectivity index (χ0v) is 23.5. The van der Waals surface area contributed by atoms with Gasteiger partial charge in [0, 0.05) is 34.2 Å². The van der Waals surface area contributed by atoms with Crippen molar-refractivity contribution in [3.63, 3.8) is 0 Å². The lowest BCUT2D eigenvalue weighted by Crippen LogP contribution is -2.50. The number of carbonyl (C=O) groups is 2. The maximum absolute atomic E-state index is 13.8. The lowest BCUT2D eigenvalue weighted by atomic mass is 10.1. The van der Waals surface area contributed by atoms with Crippen LogP contribution in [0.1, 0.15) is 18.1 Å². The van der Waals surface area contributed by atoms with Gasteiger partial charge in [-0.05, 0) is 56.3 Å². The number of hydrogen-bond donors (Lipinski definition) is 1. The van der Waals surface area contributed by atoms with Gasteiger partial charge in [-0.15, -0.1) is 0 Å². The van der Waals surface area contributed by atoms with Crippen molar-refractivity contribution in [1.29, 1.82) is 0 Å². The maximum Gasteiger partial charge on any atom is 0.264 e. The zero-order chi connectivity index (χ0) is 27.3. The second kappa shape index (κ2) is 12.2. The summed E-state index contributed by atoms with van der Waals surface area (Å²) < 4.78 is 28.4.